The third-order valence-electron chi connectivity index (χ3n) is 3.28. The Kier molecular flexibility index (Phi) is 2.60. The summed E-state index contributed by atoms with van der Waals surface area (Å²) in [5, 5.41) is 14.2. The first-order valence-corrected chi connectivity index (χ1v) is 5.88. The molecule has 1 aliphatic heterocycles. The molecule has 0 aliphatic carbocycles. The van der Waals surface area contributed by atoms with Gasteiger partial charge in [0.15, 0.2) is 0 Å². The molecule has 0 saturated heterocycles. The zero-order valence-corrected chi connectivity index (χ0v) is 9.74. The average molecular weight is 243 g/mol. The van der Waals surface area contributed by atoms with Gasteiger partial charge < -0.3 is 9.88 Å². The summed E-state index contributed by atoms with van der Waals surface area (Å²) in [6.07, 6.45) is 2.04. The lowest BCUT2D eigenvalue weighted by Gasteiger charge is -2.26. The van der Waals surface area contributed by atoms with E-state index in [0.29, 0.717) is 0 Å². The van der Waals surface area contributed by atoms with Gasteiger partial charge in [-0.25, -0.2) is 0 Å². The van der Waals surface area contributed by atoms with E-state index in [4.69, 9.17) is 0 Å². The highest BCUT2D eigenvalue weighted by Crippen LogP contribution is 2.27. The maximum absolute atomic E-state index is 10.8. The largest absolute Gasteiger partial charge is 0.348 e. The second kappa shape index (κ2) is 4.27. The van der Waals surface area contributed by atoms with E-state index < -0.39 is 0 Å². The molecule has 2 heterocycles. The number of nitro groups is 1. The first kappa shape index (κ1) is 11.0. The van der Waals surface area contributed by atoms with Crippen molar-refractivity contribution in [1.29, 1.82) is 0 Å². The molecule has 5 nitrogen and oxygen atoms in total. The number of aromatic nitrogens is 1. The van der Waals surface area contributed by atoms with Crippen LogP contribution in [-0.4, -0.2) is 16.0 Å². The van der Waals surface area contributed by atoms with Crippen LogP contribution in [0.25, 0.3) is 0 Å². The van der Waals surface area contributed by atoms with E-state index in [1.807, 2.05) is 18.3 Å². The third kappa shape index (κ3) is 1.78. The molecular weight excluding hydrogens is 230 g/mol. The fraction of sp³-hybridized carbons (Fsp3) is 0.231. The predicted molar refractivity (Wildman–Crippen MR) is 67.4 cm³/mol. The fourth-order valence-corrected chi connectivity index (χ4v) is 2.43. The van der Waals surface area contributed by atoms with E-state index in [0.717, 1.165) is 24.3 Å². The Labute approximate surface area is 104 Å². The van der Waals surface area contributed by atoms with Crippen molar-refractivity contribution in [2.75, 3.05) is 6.54 Å². The van der Waals surface area contributed by atoms with Crippen molar-refractivity contribution in [3.8, 4) is 0 Å². The van der Waals surface area contributed by atoms with E-state index in [2.05, 4.69) is 16.0 Å². The minimum Gasteiger partial charge on any atom is -0.348 e. The lowest BCUT2D eigenvalue weighted by Crippen LogP contribution is -2.33. The summed E-state index contributed by atoms with van der Waals surface area (Å²) < 4.78 is 2.18. The summed E-state index contributed by atoms with van der Waals surface area (Å²) in [7, 11) is 0. The number of fused-ring (bicyclic) bond motifs is 1. The summed E-state index contributed by atoms with van der Waals surface area (Å²) in [6, 6.07) is 10.9. The number of nitro benzene ring substituents is 1. The number of nitrogens with one attached hydrogen (secondary N) is 1. The monoisotopic (exact) mass is 243 g/mol. The van der Waals surface area contributed by atoms with Crippen LogP contribution < -0.4 is 5.32 Å². The van der Waals surface area contributed by atoms with Crippen LogP contribution >= 0.6 is 0 Å². The van der Waals surface area contributed by atoms with Crippen molar-refractivity contribution < 1.29 is 4.92 Å². The van der Waals surface area contributed by atoms with Gasteiger partial charge in [0.2, 0.25) is 0 Å². The van der Waals surface area contributed by atoms with Crippen LogP contribution in [-0.2, 0) is 6.54 Å². The molecular formula is C13H13N3O2. The first-order valence-electron chi connectivity index (χ1n) is 5.88. The van der Waals surface area contributed by atoms with Crippen molar-refractivity contribution in [2.45, 2.75) is 12.6 Å². The maximum atomic E-state index is 10.8. The second-order valence-corrected chi connectivity index (χ2v) is 4.37. The third-order valence-corrected chi connectivity index (χ3v) is 3.28. The lowest BCUT2D eigenvalue weighted by atomic mass is 10.0. The number of hydrogen-bond acceptors (Lipinski definition) is 3. The number of non-ortho nitro benzene ring substituents is 1. The number of benzene rings is 1. The number of hydrogen-bond donors (Lipinski definition) is 1. The Balaban J connectivity index is 2.02. The standard InChI is InChI=1S/C13H13N3O2/c17-16(18)11-4-1-3-10(9-11)13-12-5-2-7-15(12)8-6-14-13/h1-5,7,9,13-14H,6,8H2. The molecule has 0 bridgehead atoms. The van der Waals surface area contributed by atoms with E-state index in [1.54, 1.807) is 12.1 Å². The summed E-state index contributed by atoms with van der Waals surface area (Å²) >= 11 is 0. The summed E-state index contributed by atoms with van der Waals surface area (Å²) in [5.41, 5.74) is 2.23. The highest BCUT2D eigenvalue weighted by Gasteiger charge is 2.22. The van der Waals surface area contributed by atoms with Crippen LogP contribution in [0.3, 0.4) is 0 Å². The van der Waals surface area contributed by atoms with Crippen LogP contribution in [0, 0.1) is 10.1 Å². The second-order valence-electron chi connectivity index (χ2n) is 4.37. The van der Waals surface area contributed by atoms with Crippen molar-refractivity contribution in [1.82, 2.24) is 9.88 Å². The van der Waals surface area contributed by atoms with Crippen LogP contribution in [0.5, 0.6) is 0 Å². The molecule has 1 aromatic carbocycles. The van der Waals surface area contributed by atoms with E-state index in [9.17, 15) is 10.1 Å². The zero-order valence-electron chi connectivity index (χ0n) is 9.74. The van der Waals surface area contributed by atoms with Crippen molar-refractivity contribution in [3.63, 3.8) is 0 Å². The van der Waals surface area contributed by atoms with Gasteiger partial charge in [-0.15, -0.1) is 0 Å². The average Bonchev–Trinajstić information content (AvgIpc) is 2.87. The van der Waals surface area contributed by atoms with Crippen LogP contribution in [0.4, 0.5) is 5.69 Å². The maximum Gasteiger partial charge on any atom is 0.269 e. The van der Waals surface area contributed by atoms with E-state index >= 15 is 0 Å². The summed E-state index contributed by atoms with van der Waals surface area (Å²) in [4.78, 5) is 10.5. The molecule has 1 aromatic heterocycles. The molecule has 0 radical (unpaired) electrons. The molecule has 1 aliphatic rings. The molecule has 1 unspecified atom stereocenters. The smallest absolute Gasteiger partial charge is 0.269 e. The van der Waals surface area contributed by atoms with Gasteiger partial charge in [0.05, 0.1) is 11.0 Å². The SMILES string of the molecule is O=[N+]([O-])c1cccc(C2NCCn3cccc32)c1. The van der Waals surface area contributed by atoms with Gasteiger partial charge in [-0.3, -0.25) is 10.1 Å². The molecule has 1 atom stereocenters. The van der Waals surface area contributed by atoms with Gasteiger partial charge in [0, 0.05) is 37.1 Å². The molecule has 18 heavy (non-hydrogen) atoms. The van der Waals surface area contributed by atoms with Crippen molar-refractivity contribution in [2.24, 2.45) is 0 Å². The van der Waals surface area contributed by atoms with Crippen LogP contribution in [0.2, 0.25) is 0 Å². The van der Waals surface area contributed by atoms with Gasteiger partial charge in [-0.2, -0.15) is 0 Å². The van der Waals surface area contributed by atoms with E-state index in [1.165, 1.54) is 6.07 Å². The van der Waals surface area contributed by atoms with Gasteiger partial charge in [-0.05, 0) is 17.7 Å². The summed E-state index contributed by atoms with van der Waals surface area (Å²) in [6.45, 7) is 1.81. The van der Waals surface area contributed by atoms with E-state index in [-0.39, 0.29) is 16.7 Å². The summed E-state index contributed by atoms with van der Waals surface area (Å²) in [5.74, 6) is 0. The fourth-order valence-electron chi connectivity index (χ4n) is 2.43. The zero-order chi connectivity index (χ0) is 12.5. The number of nitrogens with zero attached hydrogens (tertiary/aromatic N) is 2. The van der Waals surface area contributed by atoms with Gasteiger partial charge >= 0.3 is 0 Å². The van der Waals surface area contributed by atoms with Crippen LogP contribution in [0.1, 0.15) is 17.3 Å². The highest BCUT2D eigenvalue weighted by atomic mass is 16.6. The van der Waals surface area contributed by atoms with Crippen molar-refractivity contribution in [3.05, 3.63) is 64.0 Å². The number of rotatable bonds is 2. The molecule has 0 spiro atoms. The Bertz CT molecular complexity index is 591. The first-order chi connectivity index (χ1) is 8.75. The highest BCUT2D eigenvalue weighted by molar-refractivity contribution is 5.39. The Hall–Kier alpha value is -2.14. The van der Waals surface area contributed by atoms with Gasteiger partial charge in [0.25, 0.3) is 5.69 Å². The Morgan fingerprint density at radius 1 is 1.33 bits per heavy atom. The lowest BCUT2D eigenvalue weighted by molar-refractivity contribution is -0.384. The molecule has 0 saturated carbocycles. The molecule has 3 rings (SSSR count). The Morgan fingerprint density at radius 3 is 3.06 bits per heavy atom. The minimum absolute atomic E-state index is 0.0358. The Morgan fingerprint density at radius 2 is 2.22 bits per heavy atom. The molecule has 1 N–H and O–H groups in total. The van der Waals surface area contributed by atoms with Gasteiger partial charge in [0.1, 0.15) is 0 Å². The minimum atomic E-state index is -0.356. The molecule has 92 valence electrons. The van der Waals surface area contributed by atoms with Crippen molar-refractivity contribution >= 4 is 5.69 Å². The predicted octanol–water partition coefficient (Wildman–Crippen LogP) is 2.09. The molecule has 0 fully saturated rings. The normalized spacial score (nSPS) is 18.3. The van der Waals surface area contributed by atoms with Gasteiger partial charge in [-0.1, -0.05) is 12.1 Å². The molecule has 5 heteroatoms. The molecule has 2 aromatic rings. The molecule has 0 amide bonds. The topological polar surface area (TPSA) is 60.1 Å². The quantitative estimate of drug-likeness (QED) is 0.649. The van der Waals surface area contributed by atoms with Crippen LogP contribution in [0.15, 0.2) is 42.6 Å².